The summed E-state index contributed by atoms with van der Waals surface area (Å²) in [4.78, 5) is 0. The zero-order valence-electron chi connectivity index (χ0n) is 6.52. The summed E-state index contributed by atoms with van der Waals surface area (Å²) in [6.07, 6.45) is 0. The first-order chi connectivity index (χ1) is 3.48. The van der Waals surface area contributed by atoms with E-state index in [0.29, 0.717) is 5.41 Å². The number of hydrogen-bond donors (Lipinski definition) is 0. The maximum Gasteiger partial charge on any atom is -0.0153 e. The maximum absolute atomic E-state index is 2.29. The van der Waals surface area contributed by atoms with Gasteiger partial charge < -0.3 is 0 Å². The molecule has 8 heavy (non-hydrogen) atoms. The van der Waals surface area contributed by atoms with E-state index in [9.17, 15) is 0 Å². The van der Waals surface area contributed by atoms with Crippen molar-refractivity contribution in [1.29, 1.82) is 0 Å². The van der Waals surface area contributed by atoms with Gasteiger partial charge in [-0.05, 0) is 17.7 Å². The van der Waals surface area contributed by atoms with Gasteiger partial charge in [-0.15, -0.1) is 0 Å². The molecule has 0 aromatic heterocycles. The lowest BCUT2D eigenvalue weighted by Gasteiger charge is -2.24. The monoisotopic (exact) mass is 131 g/mol. The van der Waals surface area contributed by atoms with E-state index in [4.69, 9.17) is 0 Å². The zero-order chi connectivity index (χ0) is 6.78. The minimum absolute atomic E-state index is 0.496. The molecule has 49 valence electrons. The van der Waals surface area contributed by atoms with Crippen molar-refractivity contribution >= 4 is 8.58 Å². The van der Waals surface area contributed by atoms with Gasteiger partial charge in [0.15, 0.2) is 0 Å². The van der Waals surface area contributed by atoms with Crippen LogP contribution in [0.25, 0.3) is 0 Å². The average molecular weight is 131 g/mol. The van der Waals surface area contributed by atoms with E-state index in [2.05, 4.69) is 34.4 Å². The summed E-state index contributed by atoms with van der Waals surface area (Å²) < 4.78 is 0. The molecule has 0 saturated heterocycles. The van der Waals surface area contributed by atoms with Crippen LogP contribution in [0.3, 0.4) is 0 Å². The molecule has 0 aliphatic rings. The Morgan fingerprint density at radius 2 is 1.62 bits per heavy atom. The second-order valence-corrected chi connectivity index (χ2v) is 4.59. The summed E-state index contributed by atoms with van der Waals surface area (Å²) in [5, 5.41) is 0. The van der Waals surface area contributed by atoms with Gasteiger partial charge in [-0.2, -0.15) is 0 Å². The molecule has 0 N–H and O–H groups in total. The summed E-state index contributed by atoms with van der Waals surface area (Å²) in [5.74, 6) is 0. The zero-order valence-corrected chi connectivity index (χ0v) is 7.42. The summed E-state index contributed by atoms with van der Waals surface area (Å²) in [7, 11) is 1.51. The maximum atomic E-state index is 2.29. The highest BCUT2D eigenvalue weighted by molar-refractivity contribution is 7.37. The molecule has 0 rings (SSSR count). The van der Waals surface area contributed by atoms with E-state index in [1.54, 1.807) is 0 Å². The lowest BCUT2D eigenvalue weighted by molar-refractivity contribution is 0.409. The van der Waals surface area contributed by atoms with Crippen LogP contribution >= 0.6 is 8.58 Å². The Bertz CT molecular complexity index is 61.3. The minimum atomic E-state index is 0.496. The van der Waals surface area contributed by atoms with Gasteiger partial charge in [0.2, 0.25) is 0 Å². The van der Waals surface area contributed by atoms with Gasteiger partial charge in [-0.1, -0.05) is 36.3 Å². The fraction of sp³-hybridized carbons (Fsp3) is 1.00. The van der Waals surface area contributed by atoms with Crippen LogP contribution in [0.5, 0.6) is 0 Å². The SMILES string of the molecule is C[P]C(C)C(C)(C)C. The van der Waals surface area contributed by atoms with Gasteiger partial charge in [0.1, 0.15) is 0 Å². The van der Waals surface area contributed by atoms with Crippen LogP contribution in [0.15, 0.2) is 0 Å². The lowest BCUT2D eigenvalue weighted by atomic mass is 9.93. The molecule has 1 atom stereocenters. The van der Waals surface area contributed by atoms with Crippen molar-refractivity contribution in [3.8, 4) is 0 Å². The Morgan fingerprint density at radius 3 is 1.62 bits per heavy atom. The molecule has 0 fully saturated rings. The van der Waals surface area contributed by atoms with Gasteiger partial charge in [0.25, 0.3) is 0 Å². The predicted octanol–water partition coefficient (Wildman–Crippen LogP) is 3.00. The number of rotatable bonds is 1. The summed E-state index contributed by atoms with van der Waals surface area (Å²) in [6, 6.07) is 0. The van der Waals surface area contributed by atoms with Crippen LogP contribution in [-0.4, -0.2) is 12.3 Å². The van der Waals surface area contributed by atoms with Crippen LogP contribution < -0.4 is 0 Å². The third-order valence-electron chi connectivity index (χ3n) is 1.64. The van der Waals surface area contributed by atoms with Gasteiger partial charge in [0.05, 0.1) is 0 Å². The molecule has 0 spiro atoms. The van der Waals surface area contributed by atoms with Crippen molar-refractivity contribution in [2.45, 2.75) is 33.4 Å². The van der Waals surface area contributed by atoms with Gasteiger partial charge in [0, 0.05) is 0 Å². The third-order valence-corrected chi connectivity index (χ3v) is 3.19. The molecule has 0 saturated carbocycles. The van der Waals surface area contributed by atoms with Crippen molar-refractivity contribution < 1.29 is 0 Å². The first kappa shape index (κ1) is 8.43. The van der Waals surface area contributed by atoms with E-state index in [1.165, 1.54) is 8.58 Å². The molecule has 0 aromatic rings. The fourth-order valence-corrected chi connectivity index (χ4v) is 1.16. The van der Waals surface area contributed by atoms with Crippen LogP contribution in [0.2, 0.25) is 0 Å². The Hall–Kier alpha value is 0.430. The van der Waals surface area contributed by atoms with Crippen molar-refractivity contribution in [1.82, 2.24) is 0 Å². The van der Waals surface area contributed by atoms with Gasteiger partial charge in [-0.3, -0.25) is 0 Å². The summed E-state index contributed by atoms with van der Waals surface area (Å²) in [6.45, 7) is 11.4. The summed E-state index contributed by atoms with van der Waals surface area (Å²) >= 11 is 0. The fourth-order valence-electron chi connectivity index (χ4n) is 0.387. The van der Waals surface area contributed by atoms with Gasteiger partial charge >= 0.3 is 0 Å². The first-order valence-electron chi connectivity index (χ1n) is 3.07. The minimum Gasteiger partial charge on any atom is -0.0807 e. The van der Waals surface area contributed by atoms with Crippen molar-refractivity contribution in [3.05, 3.63) is 0 Å². The van der Waals surface area contributed by atoms with Crippen LogP contribution in [0.4, 0.5) is 0 Å². The molecule has 0 bridgehead atoms. The predicted molar refractivity (Wildman–Crippen MR) is 41.8 cm³/mol. The van der Waals surface area contributed by atoms with E-state index >= 15 is 0 Å². The average Bonchev–Trinajstić information content (AvgIpc) is 1.62. The Kier molecular flexibility index (Phi) is 2.98. The van der Waals surface area contributed by atoms with Crippen molar-refractivity contribution in [2.24, 2.45) is 5.41 Å². The van der Waals surface area contributed by atoms with Crippen LogP contribution in [-0.2, 0) is 0 Å². The molecular weight excluding hydrogens is 115 g/mol. The summed E-state index contributed by atoms with van der Waals surface area (Å²) in [5.41, 5.74) is 1.32. The highest BCUT2D eigenvalue weighted by atomic mass is 31.1. The van der Waals surface area contributed by atoms with Crippen molar-refractivity contribution in [3.63, 3.8) is 0 Å². The molecule has 1 radical (unpaired) electrons. The second-order valence-electron chi connectivity index (χ2n) is 3.30. The number of hydrogen-bond acceptors (Lipinski definition) is 0. The topological polar surface area (TPSA) is 0 Å². The quantitative estimate of drug-likeness (QED) is 0.480. The molecule has 0 aliphatic heterocycles. The highest BCUT2D eigenvalue weighted by Crippen LogP contribution is 2.31. The molecule has 1 unspecified atom stereocenters. The third kappa shape index (κ3) is 2.67. The van der Waals surface area contributed by atoms with E-state index in [-0.39, 0.29) is 0 Å². The Labute approximate surface area is 54.8 Å². The molecule has 0 heterocycles. The lowest BCUT2D eigenvalue weighted by Crippen LogP contribution is -2.17. The molecule has 1 heteroatoms. The molecule has 0 nitrogen and oxygen atoms in total. The van der Waals surface area contributed by atoms with Crippen molar-refractivity contribution in [2.75, 3.05) is 6.66 Å². The van der Waals surface area contributed by atoms with Gasteiger partial charge in [-0.25, -0.2) is 0 Å². The normalized spacial score (nSPS) is 17.6. The van der Waals surface area contributed by atoms with E-state index in [0.717, 1.165) is 5.66 Å². The van der Waals surface area contributed by atoms with Crippen LogP contribution in [0, 0.1) is 5.41 Å². The standard InChI is InChI=1S/C7H16P/c1-6(8-5)7(2,3)4/h6H,1-5H3. The molecule has 0 aromatic carbocycles. The Morgan fingerprint density at radius 1 is 1.25 bits per heavy atom. The smallest absolute Gasteiger partial charge is 0.0153 e. The second kappa shape index (κ2) is 2.82. The largest absolute Gasteiger partial charge is 0.0807 e. The molecule has 0 amide bonds. The highest BCUT2D eigenvalue weighted by Gasteiger charge is 2.17. The molecule has 0 aliphatic carbocycles. The first-order valence-corrected chi connectivity index (χ1v) is 4.48. The molecular formula is C7H16P. The Balaban J connectivity index is 3.62. The van der Waals surface area contributed by atoms with Crippen LogP contribution in [0.1, 0.15) is 27.7 Å². The van der Waals surface area contributed by atoms with E-state index < -0.39 is 0 Å². The van der Waals surface area contributed by atoms with E-state index in [1.807, 2.05) is 0 Å².